The Morgan fingerprint density at radius 3 is 2.57 bits per heavy atom. The summed E-state index contributed by atoms with van der Waals surface area (Å²) in [5.74, 6) is 0.760. The van der Waals surface area contributed by atoms with Crippen LogP contribution in [0.1, 0.15) is 18.9 Å². The van der Waals surface area contributed by atoms with Gasteiger partial charge < -0.3 is 19.5 Å². The molecule has 0 aliphatic rings. The molecular weight excluding hydrogens is 274 g/mol. The van der Waals surface area contributed by atoms with Crippen LogP contribution in [0.4, 0.5) is 0 Å². The van der Waals surface area contributed by atoms with Crippen LogP contribution in [0.3, 0.4) is 0 Å². The minimum absolute atomic E-state index is 0.166. The number of nitrogens with one attached hydrogen (secondary N) is 1. The Morgan fingerprint density at radius 2 is 1.95 bits per heavy atom. The Morgan fingerprint density at radius 1 is 1.19 bits per heavy atom. The highest BCUT2D eigenvalue weighted by atomic mass is 16.5. The molecular formula is C15H21NO5. The lowest BCUT2D eigenvalue weighted by Gasteiger charge is -2.10. The van der Waals surface area contributed by atoms with Gasteiger partial charge >= 0.3 is 5.97 Å². The molecule has 0 radical (unpaired) electrons. The first kappa shape index (κ1) is 16.8. The predicted octanol–water partition coefficient (Wildman–Crippen LogP) is 1.32. The lowest BCUT2D eigenvalue weighted by molar-refractivity contribution is -0.143. The minimum atomic E-state index is -0.320. The highest BCUT2D eigenvalue weighted by molar-refractivity contribution is 5.80. The Labute approximate surface area is 124 Å². The minimum Gasteiger partial charge on any atom is -0.497 e. The number of esters is 1. The number of benzene rings is 1. The van der Waals surface area contributed by atoms with E-state index in [0.29, 0.717) is 18.1 Å². The van der Waals surface area contributed by atoms with Crippen molar-refractivity contribution < 1.29 is 23.8 Å². The molecule has 0 saturated carbocycles. The van der Waals surface area contributed by atoms with Crippen LogP contribution in [-0.4, -0.2) is 39.2 Å². The smallest absolute Gasteiger partial charge is 0.307 e. The molecule has 0 unspecified atom stereocenters. The number of hydrogen-bond donors (Lipinski definition) is 1. The summed E-state index contributed by atoms with van der Waals surface area (Å²) in [6, 6.07) is 5.27. The van der Waals surface area contributed by atoms with Gasteiger partial charge in [-0.2, -0.15) is 0 Å². The summed E-state index contributed by atoms with van der Waals surface area (Å²) >= 11 is 0. The average Bonchev–Trinajstić information content (AvgIpc) is 2.48. The van der Waals surface area contributed by atoms with Crippen LogP contribution in [0.25, 0.3) is 0 Å². The molecule has 0 spiro atoms. The lowest BCUT2D eigenvalue weighted by Crippen LogP contribution is -2.28. The number of amides is 1. The Hall–Kier alpha value is -2.24. The van der Waals surface area contributed by atoms with Crippen LogP contribution in [0, 0.1) is 0 Å². The lowest BCUT2D eigenvalue weighted by atomic mass is 10.1. The molecule has 6 nitrogen and oxygen atoms in total. The van der Waals surface area contributed by atoms with Gasteiger partial charge in [-0.3, -0.25) is 9.59 Å². The molecule has 0 aliphatic carbocycles. The molecule has 0 aromatic heterocycles. The van der Waals surface area contributed by atoms with Crippen molar-refractivity contribution >= 4 is 11.9 Å². The Balaban J connectivity index is 2.49. The molecule has 1 amide bonds. The van der Waals surface area contributed by atoms with Gasteiger partial charge in [0.1, 0.15) is 11.5 Å². The van der Waals surface area contributed by atoms with Crippen molar-refractivity contribution in [3.05, 3.63) is 23.8 Å². The molecule has 1 aromatic rings. The molecule has 0 saturated heterocycles. The number of carbonyl (C=O) groups excluding carboxylic acids is 2. The number of carbonyl (C=O) groups is 2. The first-order valence-corrected chi connectivity index (χ1v) is 6.74. The fraction of sp³-hybridized carbons (Fsp3) is 0.467. The summed E-state index contributed by atoms with van der Waals surface area (Å²) < 4.78 is 15.1. The number of hydrogen-bond acceptors (Lipinski definition) is 5. The van der Waals surface area contributed by atoms with Crippen molar-refractivity contribution in [3.63, 3.8) is 0 Å². The standard InChI is InChI=1S/C15H21NO5/c1-4-21-15(18)7-8-16-14(17)9-11-5-6-12(19-2)10-13(11)20-3/h5-6,10H,4,7-9H2,1-3H3,(H,16,17). The SMILES string of the molecule is CCOC(=O)CCNC(=O)Cc1ccc(OC)cc1OC. The second-order valence-corrected chi connectivity index (χ2v) is 4.26. The van der Waals surface area contributed by atoms with Crippen LogP contribution in [0.15, 0.2) is 18.2 Å². The first-order chi connectivity index (χ1) is 10.1. The van der Waals surface area contributed by atoms with Gasteiger partial charge in [-0.15, -0.1) is 0 Å². The summed E-state index contributed by atoms with van der Waals surface area (Å²) in [5, 5.41) is 2.67. The van der Waals surface area contributed by atoms with E-state index in [-0.39, 0.29) is 31.3 Å². The van der Waals surface area contributed by atoms with Gasteiger partial charge in [0, 0.05) is 18.2 Å². The zero-order chi connectivity index (χ0) is 15.7. The summed E-state index contributed by atoms with van der Waals surface area (Å²) in [6.07, 6.45) is 0.343. The molecule has 1 aromatic carbocycles. The zero-order valence-corrected chi connectivity index (χ0v) is 12.6. The topological polar surface area (TPSA) is 73.9 Å². The van der Waals surface area contributed by atoms with Gasteiger partial charge in [0.25, 0.3) is 0 Å². The maximum atomic E-state index is 11.8. The van der Waals surface area contributed by atoms with E-state index in [0.717, 1.165) is 5.56 Å². The molecule has 0 bridgehead atoms. The summed E-state index contributed by atoms with van der Waals surface area (Å²) in [5.41, 5.74) is 0.756. The predicted molar refractivity (Wildman–Crippen MR) is 77.5 cm³/mol. The van der Waals surface area contributed by atoms with Crippen molar-refractivity contribution in [1.82, 2.24) is 5.32 Å². The van der Waals surface area contributed by atoms with Crippen molar-refractivity contribution in [3.8, 4) is 11.5 Å². The van der Waals surface area contributed by atoms with Crippen LogP contribution in [-0.2, 0) is 20.7 Å². The second-order valence-electron chi connectivity index (χ2n) is 4.26. The maximum absolute atomic E-state index is 11.8. The average molecular weight is 295 g/mol. The highest BCUT2D eigenvalue weighted by Gasteiger charge is 2.10. The Bertz CT molecular complexity index is 487. The van der Waals surface area contributed by atoms with Crippen molar-refractivity contribution in [1.29, 1.82) is 0 Å². The van der Waals surface area contributed by atoms with E-state index in [1.165, 1.54) is 7.11 Å². The largest absolute Gasteiger partial charge is 0.497 e. The molecule has 0 atom stereocenters. The fourth-order valence-electron chi connectivity index (χ4n) is 1.77. The van der Waals surface area contributed by atoms with Crippen LogP contribution in [0.2, 0.25) is 0 Å². The summed E-state index contributed by atoms with van der Waals surface area (Å²) in [4.78, 5) is 23.0. The van der Waals surface area contributed by atoms with Gasteiger partial charge in [-0.25, -0.2) is 0 Å². The van der Waals surface area contributed by atoms with E-state index in [2.05, 4.69) is 5.32 Å². The molecule has 116 valence electrons. The van der Waals surface area contributed by atoms with E-state index < -0.39 is 0 Å². The number of rotatable bonds is 8. The van der Waals surface area contributed by atoms with Gasteiger partial charge in [0.2, 0.25) is 5.91 Å². The van der Waals surface area contributed by atoms with E-state index in [4.69, 9.17) is 14.2 Å². The maximum Gasteiger partial charge on any atom is 0.307 e. The highest BCUT2D eigenvalue weighted by Crippen LogP contribution is 2.24. The molecule has 0 fully saturated rings. The molecule has 0 aliphatic heterocycles. The molecule has 21 heavy (non-hydrogen) atoms. The van der Waals surface area contributed by atoms with Crippen molar-refractivity contribution in [2.75, 3.05) is 27.4 Å². The van der Waals surface area contributed by atoms with Crippen molar-refractivity contribution in [2.45, 2.75) is 19.8 Å². The van der Waals surface area contributed by atoms with E-state index in [1.54, 1.807) is 32.2 Å². The third kappa shape index (κ3) is 5.72. The third-order valence-electron chi connectivity index (χ3n) is 2.80. The number of ether oxygens (including phenoxy) is 3. The second kappa shape index (κ2) is 8.84. The Kier molecular flexibility index (Phi) is 7.08. The molecule has 0 heterocycles. The van der Waals surface area contributed by atoms with E-state index in [9.17, 15) is 9.59 Å². The van der Waals surface area contributed by atoms with Gasteiger partial charge in [0.05, 0.1) is 33.7 Å². The van der Waals surface area contributed by atoms with Gasteiger partial charge in [-0.1, -0.05) is 6.07 Å². The molecule has 1 N–H and O–H groups in total. The van der Waals surface area contributed by atoms with Gasteiger partial charge in [0.15, 0.2) is 0 Å². The van der Waals surface area contributed by atoms with Gasteiger partial charge in [-0.05, 0) is 13.0 Å². The molecule has 1 rings (SSSR count). The van der Waals surface area contributed by atoms with E-state index in [1.807, 2.05) is 0 Å². The summed E-state index contributed by atoms with van der Waals surface area (Å²) in [7, 11) is 3.10. The summed E-state index contributed by atoms with van der Waals surface area (Å²) in [6.45, 7) is 2.35. The normalized spacial score (nSPS) is 9.86. The van der Waals surface area contributed by atoms with Crippen LogP contribution >= 0.6 is 0 Å². The quantitative estimate of drug-likeness (QED) is 0.732. The zero-order valence-electron chi connectivity index (χ0n) is 12.6. The van der Waals surface area contributed by atoms with Crippen LogP contribution < -0.4 is 14.8 Å². The molecule has 6 heteroatoms. The van der Waals surface area contributed by atoms with Crippen LogP contribution in [0.5, 0.6) is 11.5 Å². The van der Waals surface area contributed by atoms with Crippen molar-refractivity contribution in [2.24, 2.45) is 0 Å². The monoisotopic (exact) mass is 295 g/mol. The number of methoxy groups -OCH3 is 2. The van der Waals surface area contributed by atoms with E-state index >= 15 is 0 Å². The first-order valence-electron chi connectivity index (χ1n) is 6.74. The fourth-order valence-corrected chi connectivity index (χ4v) is 1.77. The third-order valence-corrected chi connectivity index (χ3v) is 2.80.